The highest BCUT2D eigenvalue weighted by Gasteiger charge is 2.14. The third-order valence-electron chi connectivity index (χ3n) is 4.16. The Balaban J connectivity index is 2.23. The number of sulfonamides is 1. The van der Waals surface area contributed by atoms with Crippen LogP contribution >= 0.6 is 23.2 Å². The molecule has 1 aromatic carbocycles. The van der Waals surface area contributed by atoms with E-state index in [2.05, 4.69) is 9.82 Å². The van der Waals surface area contributed by atoms with Gasteiger partial charge in [0.25, 0.3) is 10.0 Å². The Morgan fingerprint density at radius 1 is 1.26 bits per heavy atom. The zero-order valence-electron chi connectivity index (χ0n) is 17.8. The van der Waals surface area contributed by atoms with Gasteiger partial charge in [0.05, 0.1) is 23.8 Å². The Hall–Kier alpha value is -2.03. The molecule has 0 spiro atoms. The minimum Gasteiger partial charge on any atom is -0.474 e. The van der Waals surface area contributed by atoms with Gasteiger partial charge in [-0.25, -0.2) is 13.1 Å². The quantitative estimate of drug-likeness (QED) is 0.449. The lowest BCUT2D eigenvalue weighted by atomic mass is 10.2. The first-order chi connectivity index (χ1) is 14.6. The molecular formula is C21H27Cl2N3O4S. The molecule has 1 heterocycles. The van der Waals surface area contributed by atoms with Gasteiger partial charge in [-0.05, 0) is 44.0 Å². The summed E-state index contributed by atoms with van der Waals surface area (Å²) in [5.74, 6) is -0.177. The van der Waals surface area contributed by atoms with E-state index >= 15 is 0 Å². The van der Waals surface area contributed by atoms with Crippen molar-refractivity contribution in [2.24, 2.45) is 0 Å². The van der Waals surface area contributed by atoms with E-state index in [-0.39, 0.29) is 19.1 Å². The summed E-state index contributed by atoms with van der Waals surface area (Å²) < 4.78 is 33.8. The number of amides is 1. The van der Waals surface area contributed by atoms with Crippen LogP contribution in [-0.4, -0.2) is 30.2 Å². The van der Waals surface area contributed by atoms with Crippen LogP contribution in [0.1, 0.15) is 57.7 Å². The van der Waals surface area contributed by atoms with E-state index in [1.807, 2.05) is 20.8 Å². The van der Waals surface area contributed by atoms with Gasteiger partial charge in [0.2, 0.25) is 11.8 Å². The highest BCUT2D eigenvalue weighted by molar-refractivity contribution is 7.93. The van der Waals surface area contributed by atoms with Crippen molar-refractivity contribution in [1.82, 2.24) is 14.5 Å². The summed E-state index contributed by atoms with van der Waals surface area (Å²) in [6.45, 7) is 6.02. The van der Waals surface area contributed by atoms with Crippen LogP contribution in [0, 0.1) is 0 Å². The third-order valence-corrected chi connectivity index (χ3v) is 5.76. The first-order valence-electron chi connectivity index (χ1n) is 10.0. The predicted molar refractivity (Wildman–Crippen MR) is 124 cm³/mol. The van der Waals surface area contributed by atoms with Gasteiger partial charge in [-0.3, -0.25) is 9.48 Å². The van der Waals surface area contributed by atoms with Gasteiger partial charge in [0.1, 0.15) is 0 Å². The van der Waals surface area contributed by atoms with Crippen LogP contribution in [0.5, 0.6) is 5.88 Å². The number of unbranched alkanes of at least 4 members (excludes halogenated alkanes) is 2. The molecule has 7 nitrogen and oxygen atoms in total. The summed E-state index contributed by atoms with van der Waals surface area (Å²) in [6, 6.07) is 6.74. The topological polar surface area (TPSA) is 90.3 Å². The Bertz CT molecular complexity index is 1030. The van der Waals surface area contributed by atoms with E-state index < -0.39 is 15.9 Å². The van der Waals surface area contributed by atoms with Crippen LogP contribution in [0.3, 0.4) is 0 Å². The Labute approximate surface area is 193 Å². The van der Waals surface area contributed by atoms with Crippen molar-refractivity contribution >= 4 is 45.2 Å². The number of nitrogens with one attached hydrogen (secondary N) is 1. The number of benzene rings is 1. The van der Waals surface area contributed by atoms with Crippen molar-refractivity contribution < 1.29 is 17.9 Å². The lowest BCUT2D eigenvalue weighted by Crippen LogP contribution is -2.28. The molecule has 0 aliphatic carbocycles. The largest absolute Gasteiger partial charge is 0.474 e. The van der Waals surface area contributed by atoms with E-state index in [1.165, 1.54) is 6.08 Å². The molecule has 170 valence electrons. The van der Waals surface area contributed by atoms with Gasteiger partial charge in [-0.15, -0.1) is 5.10 Å². The van der Waals surface area contributed by atoms with E-state index in [0.29, 0.717) is 28.0 Å². The molecule has 0 saturated heterocycles. The number of hydrogen-bond acceptors (Lipinski definition) is 5. The maximum Gasteiger partial charge on any atom is 0.257 e. The van der Waals surface area contributed by atoms with Crippen LogP contribution in [0.15, 0.2) is 29.7 Å². The van der Waals surface area contributed by atoms with Gasteiger partial charge >= 0.3 is 0 Å². The van der Waals surface area contributed by atoms with Crippen molar-refractivity contribution in [3.63, 3.8) is 0 Å². The minimum atomic E-state index is -3.94. The number of carbonyl (C=O) groups is 1. The van der Waals surface area contributed by atoms with Gasteiger partial charge in [0, 0.05) is 22.5 Å². The first-order valence-corrected chi connectivity index (χ1v) is 12.3. The van der Waals surface area contributed by atoms with Gasteiger partial charge in [-0.2, -0.15) is 0 Å². The maximum atomic E-state index is 12.3. The van der Waals surface area contributed by atoms with E-state index in [1.54, 1.807) is 28.9 Å². The normalized spacial score (nSPS) is 11.9. The van der Waals surface area contributed by atoms with Crippen molar-refractivity contribution in [3.8, 4) is 5.88 Å². The average molecular weight is 488 g/mol. The molecule has 10 heteroatoms. The molecule has 2 aromatic rings. The molecule has 0 unspecified atom stereocenters. The standard InChI is InChI=1S/C21H27Cl2N3O4S/c1-4-5-6-7-20(27)25-31(28,29)11-10-18-13-21(30-15(2)3)24-26(18)14-16-8-9-17(22)12-19(16)23/h8-13,15H,4-7,14H2,1-3H3,(H,25,27). The summed E-state index contributed by atoms with van der Waals surface area (Å²) in [5, 5.41) is 6.32. The second-order valence-electron chi connectivity index (χ2n) is 7.30. The van der Waals surface area contributed by atoms with Crippen LogP contribution in [-0.2, 0) is 21.4 Å². The number of aromatic nitrogens is 2. The van der Waals surface area contributed by atoms with Gasteiger partial charge < -0.3 is 4.74 Å². The van der Waals surface area contributed by atoms with E-state index in [0.717, 1.165) is 23.8 Å². The van der Waals surface area contributed by atoms with Crippen molar-refractivity contribution in [2.45, 2.75) is 59.1 Å². The number of carbonyl (C=O) groups excluding carboxylic acids is 1. The highest BCUT2D eigenvalue weighted by atomic mass is 35.5. The molecule has 31 heavy (non-hydrogen) atoms. The van der Waals surface area contributed by atoms with E-state index in [9.17, 15) is 13.2 Å². The molecular weight excluding hydrogens is 461 g/mol. The van der Waals surface area contributed by atoms with E-state index in [4.69, 9.17) is 27.9 Å². The minimum absolute atomic E-state index is 0.106. The van der Waals surface area contributed by atoms with Crippen LogP contribution in [0.4, 0.5) is 0 Å². The maximum absolute atomic E-state index is 12.3. The molecule has 1 aromatic heterocycles. The number of hydrogen-bond donors (Lipinski definition) is 1. The second kappa shape index (κ2) is 11.5. The lowest BCUT2D eigenvalue weighted by Gasteiger charge is -2.08. The van der Waals surface area contributed by atoms with Crippen molar-refractivity contribution in [2.75, 3.05) is 0 Å². The lowest BCUT2D eigenvalue weighted by molar-refractivity contribution is -0.119. The SMILES string of the molecule is CCCCCC(=O)NS(=O)(=O)C=Cc1cc(OC(C)C)nn1Cc1ccc(Cl)cc1Cl. The molecule has 0 bridgehead atoms. The zero-order valence-corrected chi connectivity index (χ0v) is 20.1. The molecule has 0 saturated carbocycles. The van der Waals surface area contributed by atoms with Crippen LogP contribution in [0.2, 0.25) is 10.0 Å². The molecule has 1 amide bonds. The van der Waals surface area contributed by atoms with Crippen LogP contribution in [0.25, 0.3) is 6.08 Å². The highest BCUT2D eigenvalue weighted by Crippen LogP contribution is 2.24. The summed E-state index contributed by atoms with van der Waals surface area (Å²) in [5.41, 5.74) is 1.23. The van der Waals surface area contributed by atoms with Crippen molar-refractivity contribution in [1.29, 1.82) is 0 Å². The molecule has 0 atom stereocenters. The fraction of sp³-hybridized carbons (Fsp3) is 0.429. The predicted octanol–water partition coefficient (Wildman–Crippen LogP) is 5.02. The molecule has 0 aliphatic heterocycles. The summed E-state index contributed by atoms with van der Waals surface area (Å²) in [6.07, 6.45) is 3.89. The average Bonchev–Trinajstić information content (AvgIpc) is 3.03. The summed E-state index contributed by atoms with van der Waals surface area (Å²) in [7, 11) is -3.94. The monoisotopic (exact) mass is 487 g/mol. The Morgan fingerprint density at radius 2 is 2.00 bits per heavy atom. The summed E-state index contributed by atoms with van der Waals surface area (Å²) >= 11 is 12.2. The Kier molecular flexibility index (Phi) is 9.40. The zero-order chi connectivity index (χ0) is 23.0. The van der Waals surface area contributed by atoms with Gasteiger partial charge in [-0.1, -0.05) is 49.0 Å². The smallest absolute Gasteiger partial charge is 0.257 e. The molecule has 1 N–H and O–H groups in total. The second-order valence-corrected chi connectivity index (χ2v) is 9.71. The number of rotatable bonds is 11. The number of halogens is 2. The Morgan fingerprint density at radius 3 is 2.65 bits per heavy atom. The fourth-order valence-corrected chi connectivity index (χ4v) is 3.99. The molecule has 0 radical (unpaired) electrons. The molecule has 0 fully saturated rings. The number of ether oxygens (including phenoxy) is 1. The molecule has 0 aliphatic rings. The fourth-order valence-electron chi connectivity index (χ4n) is 2.72. The molecule has 2 rings (SSSR count). The van der Waals surface area contributed by atoms with Crippen molar-refractivity contribution in [3.05, 3.63) is 51.0 Å². The third kappa shape index (κ3) is 8.55. The van der Waals surface area contributed by atoms with Crippen LogP contribution < -0.4 is 9.46 Å². The summed E-state index contributed by atoms with van der Waals surface area (Å²) in [4.78, 5) is 11.9. The number of nitrogens with zero attached hydrogens (tertiary/aromatic N) is 2. The van der Waals surface area contributed by atoms with Gasteiger partial charge in [0.15, 0.2) is 0 Å². The first kappa shape index (κ1) is 25.2.